The monoisotopic (exact) mass is 283 g/mol. The maximum Gasteiger partial charge on any atom is 0.243 e. The van der Waals surface area contributed by atoms with Crippen molar-refractivity contribution in [3.05, 3.63) is 24.3 Å². The third-order valence-corrected chi connectivity index (χ3v) is 5.51. The van der Waals surface area contributed by atoms with Gasteiger partial charge in [0.15, 0.2) is 0 Å². The van der Waals surface area contributed by atoms with Gasteiger partial charge in [-0.2, -0.15) is 4.31 Å². The first kappa shape index (κ1) is 14.3. The van der Waals surface area contributed by atoms with Crippen molar-refractivity contribution in [2.75, 3.05) is 13.2 Å². The van der Waals surface area contributed by atoms with E-state index in [1.165, 1.54) is 0 Å². The number of sulfonamides is 1. The smallest absolute Gasteiger partial charge is 0.243 e. The second kappa shape index (κ2) is 5.92. The minimum atomic E-state index is -3.37. The number of ether oxygens (including phenoxy) is 1. The molecule has 0 saturated carbocycles. The van der Waals surface area contributed by atoms with Gasteiger partial charge >= 0.3 is 0 Å². The molecule has 106 valence electrons. The predicted molar refractivity (Wildman–Crippen MR) is 74.8 cm³/mol. The van der Waals surface area contributed by atoms with Crippen LogP contribution in [0.15, 0.2) is 29.2 Å². The summed E-state index contributed by atoms with van der Waals surface area (Å²) in [6.07, 6.45) is 2.99. The number of benzene rings is 1. The van der Waals surface area contributed by atoms with Crippen LogP contribution in [0.5, 0.6) is 5.75 Å². The fourth-order valence-corrected chi connectivity index (χ4v) is 4.14. The molecule has 4 nitrogen and oxygen atoms in total. The van der Waals surface area contributed by atoms with E-state index in [0.29, 0.717) is 23.8 Å². The van der Waals surface area contributed by atoms with Crippen molar-refractivity contribution in [2.24, 2.45) is 0 Å². The first-order chi connectivity index (χ1) is 9.05. The highest BCUT2D eigenvalue weighted by Crippen LogP contribution is 2.26. The van der Waals surface area contributed by atoms with Gasteiger partial charge < -0.3 is 4.74 Å². The number of hydrogen-bond acceptors (Lipinski definition) is 3. The number of hydrogen-bond donors (Lipinski definition) is 0. The molecule has 0 bridgehead atoms. The van der Waals surface area contributed by atoms with Crippen LogP contribution in [0.1, 0.15) is 33.1 Å². The lowest BCUT2D eigenvalue weighted by atomic mass is 10.1. The van der Waals surface area contributed by atoms with Crippen LogP contribution in [-0.2, 0) is 10.0 Å². The van der Waals surface area contributed by atoms with Crippen molar-refractivity contribution in [1.82, 2.24) is 4.31 Å². The standard InChI is InChI=1S/C14H21NO3S/c1-3-18-13-7-9-14(10-8-13)19(16,17)15-11-5-4-6-12(15)2/h7-10,12H,3-6,11H2,1-2H3/t12-/m0/s1. The average Bonchev–Trinajstić information content (AvgIpc) is 2.40. The van der Waals surface area contributed by atoms with Crippen LogP contribution in [0.25, 0.3) is 0 Å². The van der Waals surface area contributed by atoms with E-state index in [-0.39, 0.29) is 6.04 Å². The van der Waals surface area contributed by atoms with E-state index in [9.17, 15) is 8.42 Å². The Morgan fingerprint density at radius 2 is 1.95 bits per heavy atom. The Bertz CT molecular complexity index is 510. The summed E-state index contributed by atoms with van der Waals surface area (Å²) in [4.78, 5) is 0.352. The molecule has 1 aliphatic heterocycles. The number of nitrogens with zero attached hydrogens (tertiary/aromatic N) is 1. The number of rotatable bonds is 4. The molecule has 0 N–H and O–H groups in total. The van der Waals surface area contributed by atoms with E-state index in [0.717, 1.165) is 19.3 Å². The Morgan fingerprint density at radius 1 is 1.26 bits per heavy atom. The molecule has 1 aromatic carbocycles. The molecule has 0 spiro atoms. The normalized spacial score (nSPS) is 21.3. The van der Waals surface area contributed by atoms with E-state index in [1.807, 2.05) is 13.8 Å². The molecule has 0 aliphatic carbocycles. The van der Waals surface area contributed by atoms with E-state index in [1.54, 1.807) is 28.6 Å². The van der Waals surface area contributed by atoms with Crippen LogP contribution in [-0.4, -0.2) is 31.9 Å². The average molecular weight is 283 g/mol. The summed E-state index contributed by atoms with van der Waals surface area (Å²) in [5.41, 5.74) is 0. The van der Waals surface area contributed by atoms with Crippen LogP contribution < -0.4 is 4.74 Å². The highest BCUT2D eigenvalue weighted by Gasteiger charge is 2.30. The highest BCUT2D eigenvalue weighted by atomic mass is 32.2. The SMILES string of the molecule is CCOc1ccc(S(=O)(=O)N2CCCC[C@@H]2C)cc1. The molecule has 0 aromatic heterocycles. The van der Waals surface area contributed by atoms with Gasteiger partial charge in [-0.3, -0.25) is 0 Å². The van der Waals surface area contributed by atoms with Crippen molar-refractivity contribution in [1.29, 1.82) is 0 Å². The summed E-state index contributed by atoms with van der Waals surface area (Å²) in [5.74, 6) is 0.702. The van der Waals surface area contributed by atoms with Gasteiger partial charge in [-0.25, -0.2) is 8.42 Å². The molecule has 1 saturated heterocycles. The second-order valence-electron chi connectivity index (χ2n) is 4.86. The van der Waals surface area contributed by atoms with Crippen molar-refractivity contribution in [2.45, 2.75) is 44.0 Å². The molecule has 1 aromatic rings. The molecule has 5 heteroatoms. The Morgan fingerprint density at radius 3 is 2.53 bits per heavy atom. The van der Waals surface area contributed by atoms with Gasteiger partial charge in [0.05, 0.1) is 11.5 Å². The Kier molecular flexibility index (Phi) is 4.47. The van der Waals surface area contributed by atoms with Crippen LogP contribution in [0.3, 0.4) is 0 Å². The third kappa shape index (κ3) is 3.09. The molecule has 0 amide bonds. The Labute approximate surface area is 115 Å². The van der Waals surface area contributed by atoms with Gasteiger partial charge in [0.2, 0.25) is 10.0 Å². The van der Waals surface area contributed by atoms with E-state index in [2.05, 4.69) is 0 Å². The van der Waals surface area contributed by atoms with E-state index in [4.69, 9.17) is 4.74 Å². The van der Waals surface area contributed by atoms with Gasteiger partial charge in [-0.1, -0.05) is 6.42 Å². The first-order valence-corrected chi connectivity index (χ1v) is 8.24. The largest absolute Gasteiger partial charge is 0.494 e. The van der Waals surface area contributed by atoms with Crippen molar-refractivity contribution < 1.29 is 13.2 Å². The quantitative estimate of drug-likeness (QED) is 0.853. The van der Waals surface area contributed by atoms with Gasteiger partial charge in [0, 0.05) is 12.6 Å². The summed E-state index contributed by atoms with van der Waals surface area (Å²) in [5, 5.41) is 0. The molecule has 1 aliphatic rings. The molecule has 1 heterocycles. The minimum absolute atomic E-state index is 0.0883. The summed E-state index contributed by atoms with van der Waals surface area (Å²) < 4.78 is 32.1. The highest BCUT2D eigenvalue weighted by molar-refractivity contribution is 7.89. The van der Waals surface area contributed by atoms with Crippen molar-refractivity contribution in [3.8, 4) is 5.75 Å². The lowest BCUT2D eigenvalue weighted by Gasteiger charge is -2.32. The van der Waals surface area contributed by atoms with Crippen LogP contribution >= 0.6 is 0 Å². The summed E-state index contributed by atoms with van der Waals surface area (Å²) in [6.45, 7) is 5.08. The van der Waals surface area contributed by atoms with Crippen LogP contribution in [0.2, 0.25) is 0 Å². The summed E-state index contributed by atoms with van der Waals surface area (Å²) in [7, 11) is -3.37. The Hall–Kier alpha value is -1.07. The van der Waals surface area contributed by atoms with Gasteiger partial charge in [0.25, 0.3) is 0 Å². The lowest BCUT2D eigenvalue weighted by molar-refractivity contribution is 0.268. The van der Waals surface area contributed by atoms with Crippen molar-refractivity contribution >= 4 is 10.0 Å². The maximum atomic E-state index is 12.6. The van der Waals surface area contributed by atoms with E-state index >= 15 is 0 Å². The van der Waals surface area contributed by atoms with Gasteiger partial charge in [-0.15, -0.1) is 0 Å². The van der Waals surface area contributed by atoms with Gasteiger partial charge in [0.1, 0.15) is 5.75 Å². The molecule has 0 unspecified atom stereocenters. The molecule has 1 fully saturated rings. The summed E-state index contributed by atoms with van der Waals surface area (Å²) >= 11 is 0. The minimum Gasteiger partial charge on any atom is -0.494 e. The zero-order chi connectivity index (χ0) is 13.9. The predicted octanol–water partition coefficient (Wildman–Crippen LogP) is 2.65. The molecule has 2 rings (SSSR count). The fraction of sp³-hybridized carbons (Fsp3) is 0.571. The zero-order valence-electron chi connectivity index (χ0n) is 11.5. The molecular formula is C14H21NO3S. The topological polar surface area (TPSA) is 46.6 Å². The fourth-order valence-electron chi connectivity index (χ4n) is 2.44. The maximum absolute atomic E-state index is 12.6. The van der Waals surface area contributed by atoms with Crippen molar-refractivity contribution in [3.63, 3.8) is 0 Å². The number of piperidine rings is 1. The first-order valence-electron chi connectivity index (χ1n) is 6.80. The van der Waals surface area contributed by atoms with Crippen LogP contribution in [0.4, 0.5) is 0 Å². The molecular weight excluding hydrogens is 262 g/mol. The zero-order valence-corrected chi connectivity index (χ0v) is 12.3. The van der Waals surface area contributed by atoms with Crippen LogP contribution in [0, 0.1) is 0 Å². The Balaban J connectivity index is 2.23. The molecule has 19 heavy (non-hydrogen) atoms. The molecule has 1 atom stereocenters. The second-order valence-corrected chi connectivity index (χ2v) is 6.76. The molecule has 0 radical (unpaired) electrons. The van der Waals surface area contributed by atoms with Gasteiger partial charge in [-0.05, 0) is 51.0 Å². The third-order valence-electron chi connectivity index (χ3n) is 3.48. The van der Waals surface area contributed by atoms with E-state index < -0.39 is 10.0 Å². The lowest BCUT2D eigenvalue weighted by Crippen LogP contribution is -2.41. The summed E-state index contributed by atoms with van der Waals surface area (Å²) in [6, 6.07) is 6.77.